The van der Waals surface area contributed by atoms with Crippen LogP contribution in [0, 0.1) is 12.7 Å². The molecule has 1 aromatic heterocycles. The molecule has 128 valence electrons. The zero-order chi connectivity index (χ0) is 17.7. The fourth-order valence-corrected chi connectivity index (χ4v) is 2.56. The van der Waals surface area contributed by atoms with Crippen LogP contribution in [0.1, 0.15) is 11.3 Å². The summed E-state index contributed by atoms with van der Waals surface area (Å²) in [5.74, 6) is -0.381. The first kappa shape index (κ1) is 18.0. The van der Waals surface area contributed by atoms with Crippen LogP contribution in [0.5, 0.6) is 5.75 Å². The highest BCUT2D eigenvalue weighted by Crippen LogP contribution is 2.19. The van der Waals surface area contributed by atoms with Gasteiger partial charge in [0.15, 0.2) is 0 Å². The highest BCUT2D eigenvalue weighted by Gasteiger charge is 2.12. The van der Waals surface area contributed by atoms with E-state index in [-0.39, 0.29) is 35.0 Å². The molecule has 24 heavy (non-hydrogen) atoms. The molecule has 1 heterocycles. The van der Waals surface area contributed by atoms with Crippen LogP contribution < -0.4 is 15.6 Å². The summed E-state index contributed by atoms with van der Waals surface area (Å²) in [6.07, 6.45) is -0.151. The van der Waals surface area contributed by atoms with E-state index in [4.69, 9.17) is 16.3 Å². The van der Waals surface area contributed by atoms with E-state index in [0.29, 0.717) is 12.3 Å². The van der Waals surface area contributed by atoms with Crippen LogP contribution in [0.25, 0.3) is 0 Å². The summed E-state index contributed by atoms with van der Waals surface area (Å²) in [4.78, 5) is 23.9. The van der Waals surface area contributed by atoms with Crippen LogP contribution >= 0.6 is 11.6 Å². The maximum Gasteiger partial charge on any atom is 0.254 e. The van der Waals surface area contributed by atoms with Crippen LogP contribution in [0.3, 0.4) is 0 Å². The first-order chi connectivity index (χ1) is 11.4. The molecule has 0 saturated carbocycles. The molecular formula is C17H18ClFN2O3. The normalized spacial score (nSPS) is 10.5. The van der Waals surface area contributed by atoms with Crippen molar-refractivity contribution in [3.8, 4) is 5.75 Å². The monoisotopic (exact) mass is 352 g/mol. The number of methoxy groups -OCH3 is 1. The Kier molecular flexibility index (Phi) is 5.98. The predicted molar refractivity (Wildman–Crippen MR) is 90.1 cm³/mol. The molecule has 0 fully saturated rings. The molecule has 0 bridgehead atoms. The second kappa shape index (κ2) is 7.97. The summed E-state index contributed by atoms with van der Waals surface area (Å²) in [5, 5.41) is 2.88. The van der Waals surface area contributed by atoms with Gasteiger partial charge in [-0.25, -0.2) is 4.39 Å². The number of nitrogens with one attached hydrogen (secondary N) is 1. The van der Waals surface area contributed by atoms with Gasteiger partial charge in [-0.3, -0.25) is 9.59 Å². The Bertz CT molecular complexity index is 785. The SMILES string of the molecule is COc1cc(C)n(CCNC(=O)Cc2c(F)cccc2Cl)c(=O)c1. The average Bonchev–Trinajstić information content (AvgIpc) is 2.53. The summed E-state index contributed by atoms with van der Waals surface area (Å²) in [6, 6.07) is 7.40. The topological polar surface area (TPSA) is 60.3 Å². The number of nitrogens with zero attached hydrogens (tertiary/aromatic N) is 1. The summed E-state index contributed by atoms with van der Waals surface area (Å²) >= 11 is 5.90. The summed E-state index contributed by atoms with van der Waals surface area (Å²) < 4.78 is 20.2. The van der Waals surface area contributed by atoms with Gasteiger partial charge in [-0.1, -0.05) is 17.7 Å². The Balaban J connectivity index is 1.95. The summed E-state index contributed by atoms with van der Waals surface area (Å²) in [7, 11) is 1.49. The molecule has 0 unspecified atom stereocenters. The number of amides is 1. The quantitative estimate of drug-likeness (QED) is 0.868. The van der Waals surface area contributed by atoms with Crippen molar-refractivity contribution in [3.63, 3.8) is 0 Å². The largest absolute Gasteiger partial charge is 0.496 e. The average molecular weight is 353 g/mol. The first-order valence-electron chi connectivity index (χ1n) is 7.37. The fourth-order valence-electron chi connectivity index (χ4n) is 2.33. The van der Waals surface area contributed by atoms with Crippen LogP contribution in [-0.4, -0.2) is 24.1 Å². The van der Waals surface area contributed by atoms with Gasteiger partial charge >= 0.3 is 0 Å². The fraction of sp³-hybridized carbons (Fsp3) is 0.294. The molecule has 0 aliphatic heterocycles. The number of rotatable bonds is 6. The van der Waals surface area contributed by atoms with Gasteiger partial charge in [0.05, 0.1) is 13.5 Å². The van der Waals surface area contributed by atoms with Crippen molar-refractivity contribution in [3.05, 3.63) is 62.8 Å². The molecule has 5 nitrogen and oxygen atoms in total. The minimum absolute atomic E-state index is 0.151. The van der Waals surface area contributed by atoms with Crippen molar-refractivity contribution in [2.75, 3.05) is 13.7 Å². The molecular weight excluding hydrogens is 335 g/mol. The third kappa shape index (κ3) is 4.35. The minimum Gasteiger partial charge on any atom is -0.496 e. The first-order valence-corrected chi connectivity index (χ1v) is 7.75. The van der Waals surface area contributed by atoms with E-state index in [1.807, 2.05) is 0 Å². The van der Waals surface area contributed by atoms with Crippen molar-refractivity contribution < 1.29 is 13.9 Å². The van der Waals surface area contributed by atoms with E-state index >= 15 is 0 Å². The highest BCUT2D eigenvalue weighted by atomic mass is 35.5. The van der Waals surface area contributed by atoms with Crippen LogP contribution in [-0.2, 0) is 17.8 Å². The van der Waals surface area contributed by atoms with E-state index in [1.165, 1.54) is 35.9 Å². The number of carbonyl (C=O) groups excluding carboxylic acids is 1. The Labute approximate surface area is 144 Å². The third-order valence-electron chi connectivity index (χ3n) is 3.60. The van der Waals surface area contributed by atoms with Crippen LogP contribution in [0.2, 0.25) is 5.02 Å². The second-order valence-corrected chi connectivity index (χ2v) is 5.66. The zero-order valence-electron chi connectivity index (χ0n) is 13.4. The number of aromatic nitrogens is 1. The highest BCUT2D eigenvalue weighted by molar-refractivity contribution is 6.31. The molecule has 0 spiro atoms. The number of aryl methyl sites for hydroxylation is 1. The summed E-state index contributed by atoms with van der Waals surface area (Å²) in [6.45, 7) is 2.34. The molecule has 7 heteroatoms. The minimum atomic E-state index is -0.514. The van der Waals surface area contributed by atoms with Crippen LogP contribution in [0.4, 0.5) is 4.39 Å². The smallest absolute Gasteiger partial charge is 0.254 e. The number of halogens is 2. The van der Waals surface area contributed by atoms with Gasteiger partial charge in [0.2, 0.25) is 5.91 Å². The van der Waals surface area contributed by atoms with Crippen molar-refractivity contribution in [1.82, 2.24) is 9.88 Å². The van der Waals surface area contributed by atoms with E-state index in [2.05, 4.69) is 5.32 Å². The standard InChI is InChI=1S/C17H18ClFN2O3/c1-11-8-12(24-2)9-17(23)21(11)7-6-20-16(22)10-13-14(18)4-3-5-15(13)19/h3-5,8-9H,6-7,10H2,1-2H3,(H,20,22). The van der Waals surface area contributed by atoms with Gasteiger partial charge in [0, 0.05) is 35.4 Å². The number of hydrogen-bond acceptors (Lipinski definition) is 3. The molecule has 1 amide bonds. The molecule has 1 aromatic carbocycles. The van der Waals surface area contributed by atoms with Crippen molar-refractivity contribution in [2.24, 2.45) is 0 Å². The second-order valence-electron chi connectivity index (χ2n) is 5.25. The van der Waals surface area contributed by atoms with Gasteiger partial charge in [0.1, 0.15) is 11.6 Å². The Morgan fingerprint density at radius 3 is 2.75 bits per heavy atom. The lowest BCUT2D eigenvalue weighted by Crippen LogP contribution is -2.32. The predicted octanol–water partition coefficient (Wildman–Crippen LogP) is 2.32. The van der Waals surface area contributed by atoms with E-state index in [1.54, 1.807) is 13.0 Å². The molecule has 0 atom stereocenters. The number of ether oxygens (including phenoxy) is 1. The Hall–Kier alpha value is -2.34. The molecule has 0 aliphatic rings. The molecule has 0 aliphatic carbocycles. The lowest BCUT2D eigenvalue weighted by Gasteiger charge is -2.12. The van der Waals surface area contributed by atoms with Gasteiger partial charge in [-0.15, -0.1) is 0 Å². The van der Waals surface area contributed by atoms with Crippen LogP contribution in [0.15, 0.2) is 35.1 Å². The molecule has 2 rings (SSSR count). The van der Waals surface area contributed by atoms with E-state index in [0.717, 1.165) is 5.69 Å². The van der Waals surface area contributed by atoms with Crippen molar-refractivity contribution in [1.29, 1.82) is 0 Å². The van der Waals surface area contributed by atoms with Crippen molar-refractivity contribution >= 4 is 17.5 Å². The van der Waals surface area contributed by atoms with Gasteiger partial charge < -0.3 is 14.6 Å². The van der Waals surface area contributed by atoms with Gasteiger partial charge in [-0.2, -0.15) is 0 Å². The Morgan fingerprint density at radius 1 is 1.38 bits per heavy atom. The number of carbonyl (C=O) groups is 1. The molecule has 2 aromatic rings. The van der Waals surface area contributed by atoms with E-state index < -0.39 is 5.82 Å². The Morgan fingerprint density at radius 2 is 2.12 bits per heavy atom. The van der Waals surface area contributed by atoms with Crippen molar-refractivity contribution in [2.45, 2.75) is 19.9 Å². The maximum absolute atomic E-state index is 13.7. The molecule has 0 saturated heterocycles. The number of hydrogen-bond donors (Lipinski definition) is 1. The zero-order valence-corrected chi connectivity index (χ0v) is 14.2. The summed E-state index contributed by atoms with van der Waals surface area (Å²) in [5.41, 5.74) is 0.679. The van der Waals surface area contributed by atoms with Gasteiger partial charge in [-0.05, 0) is 25.1 Å². The molecule has 1 N–H and O–H groups in total. The maximum atomic E-state index is 13.7. The lowest BCUT2D eigenvalue weighted by molar-refractivity contribution is -0.120. The molecule has 0 radical (unpaired) electrons. The number of benzene rings is 1. The number of pyridine rings is 1. The lowest BCUT2D eigenvalue weighted by atomic mass is 10.1. The van der Waals surface area contributed by atoms with Gasteiger partial charge in [0.25, 0.3) is 5.56 Å². The van der Waals surface area contributed by atoms with E-state index in [9.17, 15) is 14.0 Å². The third-order valence-corrected chi connectivity index (χ3v) is 3.96.